The van der Waals surface area contributed by atoms with Crippen LogP contribution in [0, 0.1) is 5.92 Å². The summed E-state index contributed by atoms with van der Waals surface area (Å²) in [6.45, 7) is 2.66. The topological polar surface area (TPSA) is 163 Å². The van der Waals surface area contributed by atoms with Crippen molar-refractivity contribution in [3.63, 3.8) is 0 Å². The third kappa shape index (κ3) is 6.64. The molecule has 31 heavy (non-hydrogen) atoms. The monoisotopic (exact) mass is 435 g/mol. The SMILES string of the molecule is CC1OC(=O)c2c(O)cc(NOCC(=O)O)cc2/C=C/CC(O)C(O)C(=O)/C=C\[C@H]1C. The van der Waals surface area contributed by atoms with Gasteiger partial charge in [-0.3, -0.25) is 15.1 Å². The predicted octanol–water partition coefficient (Wildman–Crippen LogP) is 1.27. The number of carboxylic acids is 1. The highest BCUT2D eigenvalue weighted by molar-refractivity contribution is 5.97. The average Bonchev–Trinajstić information content (AvgIpc) is 2.69. The number of esters is 1. The zero-order chi connectivity index (χ0) is 23.1. The fourth-order valence-corrected chi connectivity index (χ4v) is 2.73. The Morgan fingerprint density at radius 2 is 1.94 bits per heavy atom. The van der Waals surface area contributed by atoms with E-state index in [2.05, 4.69) is 5.48 Å². The number of nitrogens with one attached hydrogen (secondary N) is 1. The molecule has 0 aliphatic carbocycles. The summed E-state index contributed by atoms with van der Waals surface area (Å²) in [4.78, 5) is 40.1. The molecule has 4 atom stereocenters. The number of cyclic esters (lactones) is 1. The van der Waals surface area contributed by atoms with Gasteiger partial charge in [0.05, 0.1) is 11.8 Å². The quantitative estimate of drug-likeness (QED) is 0.344. The first-order chi connectivity index (χ1) is 14.6. The lowest BCUT2D eigenvalue weighted by Gasteiger charge is -2.20. The number of aliphatic hydroxyl groups excluding tert-OH is 2. The summed E-state index contributed by atoms with van der Waals surface area (Å²) in [6.07, 6.45) is 1.62. The lowest BCUT2D eigenvalue weighted by molar-refractivity contribution is -0.141. The minimum Gasteiger partial charge on any atom is -0.507 e. The zero-order valence-electron chi connectivity index (χ0n) is 17.0. The molecule has 10 heteroatoms. The number of aliphatic carboxylic acids is 1. The van der Waals surface area contributed by atoms with E-state index in [-0.39, 0.29) is 23.2 Å². The molecule has 10 nitrogen and oxygen atoms in total. The van der Waals surface area contributed by atoms with Crippen molar-refractivity contribution in [2.75, 3.05) is 12.1 Å². The number of anilines is 1. The molecule has 2 rings (SSSR count). The molecule has 168 valence electrons. The molecule has 1 aromatic carbocycles. The molecule has 1 heterocycles. The first kappa shape index (κ1) is 24.1. The lowest BCUT2D eigenvalue weighted by atomic mass is 9.99. The van der Waals surface area contributed by atoms with E-state index < -0.39 is 54.3 Å². The Bertz CT molecular complexity index is 893. The number of carbonyl (C=O) groups excluding carboxylic acids is 2. The number of phenols is 1. The number of aliphatic hydroxyl groups is 2. The molecule has 0 amide bonds. The Hall–Kier alpha value is -3.21. The standard InChI is InChI=1S/C21H25NO9/c1-11-6-7-16(24)20(28)15(23)5-3-4-13-8-14(22-30-10-18(26)27)9-17(25)19(13)21(29)31-12(11)2/h3-4,6-9,11-12,15,20,22-23,25,28H,5,10H2,1-2H3,(H,26,27)/b4-3+,7-6-/t11-,12?,15?,20?/m1/s1. The summed E-state index contributed by atoms with van der Waals surface area (Å²) in [5.41, 5.74) is 2.56. The number of ketones is 1. The van der Waals surface area contributed by atoms with Gasteiger partial charge in [-0.05, 0) is 31.1 Å². The number of hydrogen-bond donors (Lipinski definition) is 5. The minimum atomic E-state index is -1.63. The van der Waals surface area contributed by atoms with E-state index >= 15 is 0 Å². The molecule has 0 saturated heterocycles. The van der Waals surface area contributed by atoms with Gasteiger partial charge in [0, 0.05) is 12.0 Å². The highest BCUT2D eigenvalue weighted by Gasteiger charge is 2.25. The van der Waals surface area contributed by atoms with Crippen molar-refractivity contribution >= 4 is 29.5 Å². The van der Waals surface area contributed by atoms with Crippen molar-refractivity contribution < 1.29 is 44.4 Å². The fourth-order valence-electron chi connectivity index (χ4n) is 2.73. The van der Waals surface area contributed by atoms with Crippen LogP contribution in [0.2, 0.25) is 0 Å². The van der Waals surface area contributed by atoms with Gasteiger partial charge in [-0.2, -0.15) is 0 Å². The molecular weight excluding hydrogens is 410 g/mol. The second-order valence-electron chi connectivity index (χ2n) is 7.13. The van der Waals surface area contributed by atoms with Crippen molar-refractivity contribution in [3.8, 4) is 5.75 Å². The number of hydrogen-bond acceptors (Lipinski definition) is 9. The summed E-state index contributed by atoms with van der Waals surface area (Å²) < 4.78 is 5.41. The number of aromatic hydroxyl groups is 1. The van der Waals surface area contributed by atoms with Crippen LogP contribution in [0.4, 0.5) is 5.69 Å². The van der Waals surface area contributed by atoms with Crippen LogP contribution < -0.4 is 5.48 Å². The van der Waals surface area contributed by atoms with Crippen LogP contribution in [0.25, 0.3) is 6.08 Å². The van der Waals surface area contributed by atoms with Crippen LogP contribution >= 0.6 is 0 Å². The van der Waals surface area contributed by atoms with Crippen LogP contribution in [0.5, 0.6) is 5.75 Å². The Kier molecular flexibility index (Phi) is 8.31. The van der Waals surface area contributed by atoms with E-state index in [9.17, 15) is 29.7 Å². The largest absolute Gasteiger partial charge is 0.507 e. The predicted molar refractivity (Wildman–Crippen MR) is 109 cm³/mol. The van der Waals surface area contributed by atoms with E-state index in [1.54, 1.807) is 13.8 Å². The molecule has 0 radical (unpaired) electrons. The minimum absolute atomic E-state index is 0.116. The Morgan fingerprint density at radius 1 is 1.23 bits per heavy atom. The number of rotatable bonds is 4. The van der Waals surface area contributed by atoms with Gasteiger partial charge >= 0.3 is 11.9 Å². The van der Waals surface area contributed by atoms with Gasteiger partial charge in [0.2, 0.25) is 0 Å². The molecule has 0 aromatic heterocycles. The summed E-state index contributed by atoms with van der Waals surface area (Å²) in [7, 11) is 0. The molecule has 1 aliphatic heterocycles. The smallest absolute Gasteiger partial charge is 0.342 e. The summed E-state index contributed by atoms with van der Waals surface area (Å²) >= 11 is 0. The summed E-state index contributed by atoms with van der Waals surface area (Å²) in [6, 6.07) is 2.58. The van der Waals surface area contributed by atoms with Crippen molar-refractivity contribution in [1.82, 2.24) is 0 Å². The van der Waals surface area contributed by atoms with Crippen molar-refractivity contribution in [3.05, 3.63) is 41.5 Å². The van der Waals surface area contributed by atoms with Crippen LogP contribution in [0.1, 0.15) is 36.2 Å². The van der Waals surface area contributed by atoms with Crippen LogP contribution in [-0.2, 0) is 19.2 Å². The van der Waals surface area contributed by atoms with Gasteiger partial charge in [-0.1, -0.05) is 25.2 Å². The van der Waals surface area contributed by atoms with Crippen molar-refractivity contribution in [2.24, 2.45) is 5.92 Å². The van der Waals surface area contributed by atoms with Crippen LogP contribution in [-0.4, -0.2) is 63.1 Å². The summed E-state index contributed by atoms with van der Waals surface area (Å²) in [5.74, 6) is -3.54. The van der Waals surface area contributed by atoms with E-state index in [0.717, 1.165) is 6.08 Å². The third-order valence-electron chi connectivity index (χ3n) is 4.67. The van der Waals surface area contributed by atoms with Gasteiger partial charge in [-0.25, -0.2) is 9.59 Å². The van der Waals surface area contributed by atoms with Crippen LogP contribution in [0.15, 0.2) is 30.4 Å². The molecule has 0 spiro atoms. The van der Waals surface area contributed by atoms with E-state index in [4.69, 9.17) is 14.7 Å². The van der Waals surface area contributed by atoms with E-state index in [1.807, 2.05) is 0 Å². The second-order valence-corrected chi connectivity index (χ2v) is 7.13. The Morgan fingerprint density at radius 3 is 2.61 bits per heavy atom. The second kappa shape index (κ2) is 10.7. The first-order valence-corrected chi connectivity index (χ1v) is 9.52. The number of carbonyl (C=O) groups is 3. The molecule has 0 saturated carbocycles. The maximum Gasteiger partial charge on any atom is 0.342 e. The average molecular weight is 435 g/mol. The molecular formula is C21H25NO9. The highest BCUT2D eigenvalue weighted by Crippen LogP contribution is 2.30. The molecule has 0 bridgehead atoms. The number of fused-ring (bicyclic) bond motifs is 1. The Balaban J connectivity index is 2.43. The van der Waals surface area contributed by atoms with Gasteiger partial charge in [0.1, 0.15) is 23.5 Å². The first-order valence-electron chi connectivity index (χ1n) is 9.52. The molecule has 3 unspecified atom stereocenters. The molecule has 1 aliphatic rings. The van der Waals surface area contributed by atoms with Gasteiger partial charge in [-0.15, -0.1) is 0 Å². The number of carboxylic acid groups (broad SMARTS) is 1. The van der Waals surface area contributed by atoms with Gasteiger partial charge < -0.3 is 25.2 Å². The summed E-state index contributed by atoms with van der Waals surface area (Å²) in [5, 5.41) is 39.1. The van der Waals surface area contributed by atoms with E-state index in [1.165, 1.54) is 30.4 Å². The highest BCUT2D eigenvalue weighted by atomic mass is 16.7. The fraction of sp³-hybridized carbons (Fsp3) is 0.381. The molecule has 5 N–H and O–H groups in total. The number of ether oxygens (including phenoxy) is 1. The van der Waals surface area contributed by atoms with Crippen molar-refractivity contribution in [1.29, 1.82) is 0 Å². The molecule has 0 fully saturated rings. The van der Waals surface area contributed by atoms with Crippen LogP contribution in [0.3, 0.4) is 0 Å². The normalized spacial score (nSPS) is 26.8. The van der Waals surface area contributed by atoms with Gasteiger partial charge in [0.15, 0.2) is 12.4 Å². The Labute approximate surface area is 178 Å². The molecule has 1 aromatic rings. The third-order valence-corrected chi connectivity index (χ3v) is 4.67. The number of benzene rings is 1. The zero-order valence-corrected chi connectivity index (χ0v) is 17.0. The van der Waals surface area contributed by atoms with Crippen molar-refractivity contribution in [2.45, 2.75) is 38.6 Å². The maximum absolute atomic E-state index is 12.7. The lowest BCUT2D eigenvalue weighted by Crippen LogP contribution is -2.32. The van der Waals surface area contributed by atoms with Gasteiger partial charge in [0.25, 0.3) is 0 Å². The maximum atomic E-state index is 12.7. The number of phenolic OH excluding ortho intramolecular Hbond substituents is 1. The van der Waals surface area contributed by atoms with E-state index in [0.29, 0.717) is 0 Å².